The van der Waals surface area contributed by atoms with Gasteiger partial charge in [0.05, 0.1) is 11.6 Å². The molecule has 0 spiro atoms. The van der Waals surface area contributed by atoms with Crippen LogP contribution in [0.25, 0.3) is 0 Å². The number of rotatable bonds is 5. The number of carbonyl (C=O) groups is 2. The average molecular weight is 295 g/mol. The second kappa shape index (κ2) is 6.83. The molecule has 2 heterocycles. The first-order valence-electron chi connectivity index (χ1n) is 7.10. The van der Waals surface area contributed by atoms with Gasteiger partial charge in [0.1, 0.15) is 6.04 Å². The Morgan fingerprint density at radius 1 is 1.55 bits per heavy atom. The maximum Gasteiger partial charge on any atom is 0.243 e. The average Bonchev–Trinajstić information content (AvgIpc) is 3.05. The molecule has 1 fully saturated rings. The monoisotopic (exact) mass is 295 g/mol. The molecule has 110 valence electrons. The Bertz CT molecular complexity index is 487. The largest absolute Gasteiger partial charge is 0.349 e. The van der Waals surface area contributed by atoms with Crippen LogP contribution in [0.5, 0.6) is 0 Å². The molecule has 20 heavy (non-hydrogen) atoms. The summed E-state index contributed by atoms with van der Waals surface area (Å²) in [6, 6.07) is -0.289. The minimum atomic E-state index is -0.289. The molecule has 1 aromatic rings. The number of thiazole rings is 1. The minimum Gasteiger partial charge on any atom is -0.349 e. The Hall–Kier alpha value is -1.43. The van der Waals surface area contributed by atoms with Crippen molar-refractivity contribution in [3.8, 4) is 0 Å². The Balaban J connectivity index is 1.89. The summed E-state index contributed by atoms with van der Waals surface area (Å²) >= 11 is 1.58. The standard InChI is InChI=1S/C14H21N3O2S/c1-3-5-13(18)17-7-4-6-12(17)14(19)16-9-11-8-15-10(2)20-11/h8,12H,3-7,9H2,1-2H3,(H,16,19). The maximum atomic E-state index is 12.2. The summed E-state index contributed by atoms with van der Waals surface area (Å²) < 4.78 is 0. The van der Waals surface area contributed by atoms with Crippen molar-refractivity contribution in [2.24, 2.45) is 0 Å². The smallest absolute Gasteiger partial charge is 0.243 e. The van der Waals surface area contributed by atoms with Crippen molar-refractivity contribution in [1.82, 2.24) is 15.2 Å². The van der Waals surface area contributed by atoms with Crippen LogP contribution in [0.2, 0.25) is 0 Å². The summed E-state index contributed by atoms with van der Waals surface area (Å²) in [6.45, 7) is 5.13. The van der Waals surface area contributed by atoms with Crippen molar-refractivity contribution in [2.75, 3.05) is 6.54 Å². The molecule has 0 aromatic carbocycles. The van der Waals surface area contributed by atoms with Crippen LogP contribution >= 0.6 is 11.3 Å². The van der Waals surface area contributed by atoms with Crippen LogP contribution in [0.3, 0.4) is 0 Å². The van der Waals surface area contributed by atoms with Crippen molar-refractivity contribution < 1.29 is 9.59 Å². The van der Waals surface area contributed by atoms with Crippen LogP contribution in [0.4, 0.5) is 0 Å². The van der Waals surface area contributed by atoms with Crippen LogP contribution in [-0.2, 0) is 16.1 Å². The fourth-order valence-electron chi connectivity index (χ4n) is 2.47. The third-order valence-corrected chi connectivity index (χ3v) is 4.36. The highest BCUT2D eigenvalue weighted by Crippen LogP contribution is 2.19. The zero-order valence-corrected chi connectivity index (χ0v) is 12.8. The van der Waals surface area contributed by atoms with Crippen LogP contribution in [0, 0.1) is 6.92 Å². The first-order chi connectivity index (χ1) is 9.61. The van der Waals surface area contributed by atoms with E-state index in [0.29, 0.717) is 19.5 Å². The molecule has 5 nitrogen and oxygen atoms in total. The molecule has 6 heteroatoms. The van der Waals surface area contributed by atoms with Crippen molar-refractivity contribution in [3.05, 3.63) is 16.1 Å². The lowest BCUT2D eigenvalue weighted by molar-refractivity contribution is -0.138. The lowest BCUT2D eigenvalue weighted by Crippen LogP contribution is -2.45. The number of aryl methyl sites for hydroxylation is 1. The molecular weight excluding hydrogens is 274 g/mol. The number of aromatic nitrogens is 1. The van der Waals surface area contributed by atoms with E-state index in [9.17, 15) is 9.59 Å². The summed E-state index contributed by atoms with van der Waals surface area (Å²) in [5.41, 5.74) is 0. The van der Waals surface area contributed by atoms with E-state index in [0.717, 1.165) is 29.1 Å². The van der Waals surface area contributed by atoms with Crippen LogP contribution < -0.4 is 5.32 Å². The van der Waals surface area contributed by atoms with Gasteiger partial charge >= 0.3 is 0 Å². The van der Waals surface area contributed by atoms with Crippen LogP contribution in [0.1, 0.15) is 42.5 Å². The third-order valence-electron chi connectivity index (χ3n) is 3.45. The van der Waals surface area contributed by atoms with E-state index in [1.54, 1.807) is 22.4 Å². The van der Waals surface area contributed by atoms with E-state index < -0.39 is 0 Å². The first-order valence-corrected chi connectivity index (χ1v) is 7.92. The Kier molecular flexibility index (Phi) is 5.11. The molecule has 1 aliphatic heterocycles. The fraction of sp³-hybridized carbons (Fsp3) is 0.643. The third kappa shape index (κ3) is 3.56. The van der Waals surface area contributed by atoms with Gasteiger partial charge in [0.15, 0.2) is 0 Å². The van der Waals surface area contributed by atoms with Crippen molar-refractivity contribution in [2.45, 2.75) is 52.1 Å². The molecule has 1 N–H and O–H groups in total. The first kappa shape index (κ1) is 15.0. The molecule has 1 aliphatic rings. The molecule has 1 atom stereocenters. The van der Waals surface area contributed by atoms with Gasteiger partial charge in [-0.15, -0.1) is 11.3 Å². The van der Waals surface area contributed by atoms with E-state index >= 15 is 0 Å². The molecule has 1 unspecified atom stereocenters. The molecule has 0 aliphatic carbocycles. The van der Waals surface area contributed by atoms with Gasteiger partial charge in [-0.3, -0.25) is 9.59 Å². The highest BCUT2D eigenvalue weighted by molar-refractivity contribution is 7.11. The van der Waals surface area contributed by atoms with Crippen LogP contribution in [-0.4, -0.2) is 34.3 Å². The number of amides is 2. The highest BCUT2D eigenvalue weighted by Gasteiger charge is 2.33. The maximum absolute atomic E-state index is 12.2. The Labute approximate surface area is 123 Å². The van der Waals surface area contributed by atoms with Crippen LogP contribution in [0.15, 0.2) is 6.20 Å². The summed E-state index contributed by atoms with van der Waals surface area (Å²) in [5.74, 6) is 0.0526. The summed E-state index contributed by atoms with van der Waals surface area (Å²) in [5, 5.41) is 3.91. The summed E-state index contributed by atoms with van der Waals surface area (Å²) in [7, 11) is 0. The molecule has 2 rings (SSSR count). The Morgan fingerprint density at radius 2 is 2.35 bits per heavy atom. The van der Waals surface area contributed by atoms with Gasteiger partial charge in [-0.05, 0) is 26.2 Å². The molecule has 0 radical (unpaired) electrons. The molecule has 1 saturated heterocycles. The number of hydrogen-bond donors (Lipinski definition) is 1. The summed E-state index contributed by atoms with van der Waals surface area (Å²) in [6.07, 6.45) is 4.81. The molecule has 1 aromatic heterocycles. The lowest BCUT2D eigenvalue weighted by Gasteiger charge is -2.23. The quantitative estimate of drug-likeness (QED) is 0.902. The van der Waals surface area contributed by atoms with E-state index in [2.05, 4.69) is 10.3 Å². The number of nitrogens with zero attached hydrogens (tertiary/aromatic N) is 2. The molecule has 0 saturated carbocycles. The minimum absolute atomic E-state index is 0.0435. The number of hydrogen-bond acceptors (Lipinski definition) is 4. The predicted molar refractivity (Wildman–Crippen MR) is 78.3 cm³/mol. The van der Waals surface area contributed by atoms with E-state index in [4.69, 9.17) is 0 Å². The second-order valence-corrected chi connectivity index (χ2v) is 6.38. The van der Waals surface area contributed by atoms with Crippen molar-refractivity contribution >= 4 is 23.2 Å². The van der Waals surface area contributed by atoms with E-state index in [1.165, 1.54) is 0 Å². The zero-order valence-electron chi connectivity index (χ0n) is 12.0. The Morgan fingerprint density at radius 3 is 3.00 bits per heavy atom. The molecule has 2 amide bonds. The molecular formula is C14H21N3O2S. The van der Waals surface area contributed by atoms with Gasteiger partial charge < -0.3 is 10.2 Å². The van der Waals surface area contributed by atoms with Gasteiger partial charge in [0.2, 0.25) is 11.8 Å². The van der Waals surface area contributed by atoms with Gasteiger partial charge in [-0.25, -0.2) is 4.98 Å². The van der Waals surface area contributed by atoms with Gasteiger partial charge in [0.25, 0.3) is 0 Å². The zero-order chi connectivity index (χ0) is 14.5. The topological polar surface area (TPSA) is 62.3 Å². The van der Waals surface area contributed by atoms with Gasteiger partial charge in [0, 0.05) is 24.0 Å². The summed E-state index contributed by atoms with van der Waals surface area (Å²) in [4.78, 5) is 31.1. The van der Waals surface area contributed by atoms with E-state index in [1.807, 2.05) is 13.8 Å². The van der Waals surface area contributed by atoms with Crippen molar-refractivity contribution in [3.63, 3.8) is 0 Å². The van der Waals surface area contributed by atoms with Gasteiger partial charge in [-0.2, -0.15) is 0 Å². The lowest BCUT2D eigenvalue weighted by atomic mass is 10.2. The number of likely N-dealkylation sites (tertiary alicyclic amines) is 1. The van der Waals surface area contributed by atoms with E-state index in [-0.39, 0.29) is 17.9 Å². The normalized spacial score (nSPS) is 18.3. The number of carbonyl (C=O) groups excluding carboxylic acids is 2. The highest BCUT2D eigenvalue weighted by atomic mass is 32.1. The van der Waals surface area contributed by atoms with Gasteiger partial charge in [-0.1, -0.05) is 6.92 Å². The predicted octanol–water partition coefficient (Wildman–Crippen LogP) is 1.86. The van der Waals surface area contributed by atoms with Crippen molar-refractivity contribution in [1.29, 1.82) is 0 Å². The SMILES string of the molecule is CCCC(=O)N1CCCC1C(=O)NCc1cnc(C)s1. The molecule has 0 bridgehead atoms. The fourth-order valence-corrected chi connectivity index (χ4v) is 3.21. The second-order valence-electron chi connectivity index (χ2n) is 5.06. The number of nitrogens with one attached hydrogen (secondary N) is 1.